The second kappa shape index (κ2) is 6.30. The van der Waals surface area contributed by atoms with Gasteiger partial charge in [-0.1, -0.05) is 31.1 Å². The number of anilines is 1. The number of nitrogens with zero attached hydrogens (tertiary/aromatic N) is 3. The van der Waals surface area contributed by atoms with Crippen molar-refractivity contribution in [2.45, 2.75) is 71.0 Å². The van der Waals surface area contributed by atoms with Crippen molar-refractivity contribution in [3.05, 3.63) is 10.6 Å². The molecule has 0 aromatic carbocycles. The number of aryl methyl sites for hydroxylation is 1. The van der Waals surface area contributed by atoms with Gasteiger partial charge in [-0.2, -0.15) is 0 Å². The van der Waals surface area contributed by atoms with E-state index >= 15 is 0 Å². The molecule has 4 rings (SSSR count). The average Bonchev–Trinajstić information content (AvgIpc) is 2.95. The van der Waals surface area contributed by atoms with Gasteiger partial charge in [0.2, 0.25) is 5.91 Å². The molecule has 3 fully saturated rings. The zero-order chi connectivity index (χ0) is 18.6. The van der Waals surface area contributed by atoms with Crippen molar-refractivity contribution in [3.63, 3.8) is 0 Å². The van der Waals surface area contributed by atoms with E-state index in [1.165, 1.54) is 37.5 Å². The first-order valence-corrected chi connectivity index (χ1v) is 10.4. The van der Waals surface area contributed by atoms with Crippen LogP contribution in [0.25, 0.3) is 0 Å². The number of thiazole rings is 1. The van der Waals surface area contributed by atoms with Crippen LogP contribution >= 0.6 is 11.3 Å². The lowest BCUT2D eigenvalue weighted by Crippen LogP contribution is -2.51. The van der Waals surface area contributed by atoms with Crippen LogP contribution < -0.4 is 5.32 Å². The van der Waals surface area contributed by atoms with Crippen LogP contribution in [0.2, 0.25) is 0 Å². The predicted octanol–water partition coefficient (Wildman–Crippen LogP) is 2.89. The van der Waals surface area contributed by atoms with Crippen molar-refractivity contribution in [2.75, 3.05) is 18.9 Å². The van der Waals surface area contributed by atoms with Gasteiger partial charge in [0.05, 0.1) is 5.69 Å². The first kappa shape index (κ1) is 17.9. The topological polar surface area (TPSA) is 65.5 Å². The first-order valence-electron chi connectivity index (χ1n) is 9.59. The Morgan fingerprint density at radius 2 is 1.96 bits per heavy atom. The molecule has 2 amide bonds. The molecule has 3 aliphatic rings. The zero-order valence-corrected chi connectivity index (χ0v) is 16.9. The Bertz CT molecular complexity index is 748. The number of likely N-dealkylation sites (N-methyl/N-ethyl adjacent to an activating group) is 1. The number of rotatable bonds is 2. The number of piperidine rings is 1. The van der Waals surface area contributed by atoms with Crippen molar-refractivity contribution in [1.82, 2.24) is 14.8 Å². The minimum absolute atomic E-state index is 0.103. The summed E-state index contributed by atoms with van der Waals surface area (Å²) in [5, 5.41) is 3.23. The molecule has 1 saturated carbocycles. The van der Waals surface area contributed by atoms with Crippen molar-refractivity contribution in [2.24, 2.45) is 5.41 Å². The molecule has 7 heteroatoms. The zero-order valence-electron chi connectivity index (χ0n) is 16.0. The number of hydrogen-bond donors (Lipinski definition) is 1. The summed E-state index contributed by atoms with van der Waals surface area (Å²) < 4.78 is 0. The Morgan fingerprint density at radius 3 is 2.65 bits per heavy atom. The summed E-state index contributed by atoms with van der Waals surface area (Å²) in [6.45, 7) is 6.68. The van der Waals surface area contributed by atoms with E-state index in [-0.39, 0.29) is 23.3 Å². The number of hydrogen-bond acceptors (Lipinski definition) is 5. The Morgan fingerprint density at radius 1 is 1.27 bits per heavy atom. The Labute approximate surface area is 159 Å². The number of likely N-dealkylation sites (tertiary alicyclic amines) is 2. The van der Waals surface area contributed by atoms with Gasteiger partial charge in [-0.15, -0.1) is 0 Å². The van der Waals surface area contributed by atoms with E-state index in [9.17, 15) is 9.59 Å². The maximum atomic E-state index is 13.5. The summed E-state index contributed by atoms with van der Waals surface area (Å²) in [5.74, 6) is -0.0539. The molecule has 0 radical (unpaired) electrons. The van der Waals surface area contributed by atoms with Gasteiger partial charge in [0.25, 0.3) is 5.91 Å². The summed E-state index contributed by atoms with van der Waals surface area (Å²) in [4.78, 5) is 34.6. The number of amides is 2. The fraction of sp³-hybridized carbons (Fsp3) is 0.737. The third-order valence-corrected chi connectivity index (χ3v) is 7.73. The third kappa shape index (κ3) is 2.67. The molecule has 4 atom stereocenters. The summed E-state index contributed by atoms with van der Waals surface area (Å²) >= 11 is 1.31. The number of fused-ring (bicyclic) bond motifs is 1. The van der Waals surface area contributed by atoms with Gasteiger partial charge in [0.1, 0.15) is 4.88 Å². The lowest BCUT2D eigenvalue weighted by molar-refractivity contribution is -0.114. The van der Waals surface area contributed by atoms with E-state index < -0.39 is 0 Å². The fourth-order valence-electron chi connectivity index (χ4n) is 5.71. The summed E-state index contributed by atoms with van der Waals surface area (Å²) in [5.41, 5.74) is 0.900. The molecule has 2 bridgehead atoms. The smallest absolute Gasteiger partial charge is 0.266 e. The average molecular weight is 377 g/mol. The minimum Gasteiger partial charge on any atom is -0.330 e. The highest BCUT2D eigenvalue weighted by Crippen LogP contribution is 2.53. The molecule has 1 aliphatic carbocycles. The maximum Gasteiger partial charge on any atom is 0.266 e. The van der Waals surface area contributed by atoms with Gasteiger partial charge < -0.3 is 15.1 Å². The molecule has 1 N–H and O–H groups in total. The van der Waals surface area contributed by atoms with Crippen molar-refractivity contribution in [3.8, 4) is 0 Å². The van der Waals surface area contributed by atoms with Gasteiger partial charge in [0.15, 0.2) is 5.13 Å². The molecular formula is C19H28N4O2S. The molecule has 2 saturated heterocycles. The molecular weight excluding hydrogens is 348 g/mol. The molecule has 0 spiro atoms. The largest absolute Gasteiger partial charge is 0.330 e. The van der Waals surface area contributed by atoms with Gasteiger partial charge in [-0.3, -0.25) is 9.59 Å². The van der Waals surface area contributed by atoms with Gasteiger partial charge >= 0.3 is 0 Å². The van der Waals surface area contributed by atoms with Crippen molar-refractivity contribution in [1.29, 1.82) is 0 Å². The fourth-order valence-corrected chi connectivity index (χ4v) is 6.66. The minimum atomic E-state index is -0.157. The maximum absolute atomic E-state index is 13.5. The molecule has 26 heavy (non-hydrogen) atoms. The van der Waals surface area contributed by atoms with E-state index in [1.54, 1.807) is 0 Å². The van der Waals surface area contributed by atoms with Crippen LogP contribution in [0.3, 0.4) is 0 Å². The van der Waals surface area contributed by atoms with Crippen LogP contribution in [-0.4, -0.2) is 58.3 Å². The summed E-state index contributed by atoms with van der Waals surface area (Å²) in [7, 11) is 2.22. The third-order valence-electron chi connectivity index (χ3n) is 6.67. The van der Waals surface area contributed by atoms with Crippen LogP contribution in [0.4, 0.5) is 5.13 Å². The molecule has 1 aromatic heterocycles. The van der Waals surface area contributed by atoms with E-state index in [0.29, 0.717) is 27.8 Å². The van der Waals surface area contributed by atoms with Crippen LogP contribution in [0.5, 0.6) is 0 Å². The second-order valence-corrected chi connectivity index (χ2v) is 9.45. The number of carbonyl (C=O) groups is 2. The monoisotopic (exact) mass is 376 g/mol. The van der Waals surface area contributed by atoms with Crippen LogP contribution in [0.1, 0.15) is 61.3 Å². The molecule has 1 aromatic rings. The predicted molar refractivity (Wildman–Crippen MR) is 103 cm³/mol. The second-order valence-electron chi connectivity index (χ2n) is 8.45. The molecule has 2 aliphatic heterocycles. The quantitative estimate of drug-likeness (QED) is 0.862. The molecule has 142 valence electrons. The summed E-state index contributed by atoms with van der Waals surface area (Å²) in [6.07, 6.45) is 5.89. The van der Waals surface area contributed by atoms with Crippen LogP contribution in [0.15, 0.2) is 0 Å². The Kier molecular flexibility index (Phi) is 4.34. The molecule has 0 unspecified atom stereocenters. The highest BCUT2D eigenvalue weighted by Gasteiger charge is 2.59. The van der Waals surface area contributed by atoms with Gasteiger partial charge in [0, 0.05) is 37.0 Å². The standard InChI is InChI=1S/C19H28N4O2S/c1-11-16(26-18(20-11)21-12(2)24)17(25)23-13-9-19(3)14(22(4)10-13)7-5-6-8-15(19)23/h13-15H,5-10H2,1-4H3,(H,20,21,24)/t13-,14+,15-,19+/m0/s1. The molecule has 3 heterocycles. The number of carbonyl (C=O) groups excluding carboxylic acids is 2. The van der Waals surface area contributed by atoms with E-state index in [1.807, 2.05) is 6.92 Å². The van der Waals surface area contributed by atoms with Crippen molar-refractivity contribution >= 4 is 28.3 Å². The van der Waals surface area contributed by atoms with Gasteiger partial charge in [-0.05, 0) is 33.2 Å². The molecule has 6 nitrogen and oxygen atoms in total. The lowest BCUT2D eigenvalue weighted by Gasteiger charge is -2.44. The highest BCUT2D eigenvalue weighted by molar-refractivity contribution is 7.17. The van der Waals surface area contributed by atoms with Crippen LogP contribution in [-0.2, 0) is 4.79 Å². The Balaban J connectivity index is 1.68. The van der Waals surface area contributed by atoms with Crippen LogP contribution in [0, 0.1) is 12.3 Å². The Hall–Kier alpha value is -1.47. The van der Waals surface area contributed by atoms with E-state index in [0.717, 1.165) is 19.4 Å². The van der Waals surface area contributed by atoms with E-state index in [4.69, 9.17) is 0 Å². The van der Waals surface area contributed by atoms with E-state index in [2.05, 4.69) is 34.1 Å². The SMILES string of the molecule is CC(=O)Nc1nc(C)c(C(=O)N2[C@@H]3CN(C)[C@@H]4CCCC[C@H]2[C@]4(C)C3)s1. The normalized spacial score (nSPS) is 33.8. The number of nitrogens with one attached hydrogen (secondary N) is 1. The van der Waals surface area contributed by atoms with Gasteiger partial charge in [-0.25, -0.2) is 4.98 Å². The lowest BCUT2D eigenvalue weighted by atomic mass is 9.71. The highest BCUT2D eigenvalue weighted by atomic mass is 32.1. The number of aromatic nitrogens is 1. The first-order chi connectivity index (χ1) is 12.3. The summed E-state index contributed by atoms with van der Waals surface area (Å²) in [6, 6.07) is 1.16. The van der Waals surface area contributed by atoms with Crippen molar-refractivity contribution < 1.29 is 9.59 Å².